The molecule has 0 bridgehead atoms. The van der Waals surface area contributed by atoms with E-state index in [1.807, 2.05) is 0 Å². The third kappa shape index (κ3) is 32.7. The molecule has 0 aliphatic rings. The van der Waals surface area contributed by atoms with E-state index in [1.54, 1.807) is 13.0 Å². The standard InChI is InChI=1S/C27H50O12/c1-4-5-29-6-7-30-8-9-31-10-11-32-12-13-33-14-15-34-16-17-35-18-19-36-20-21-37-22-23-38-24-25-39-27(28)26(2)3/h4H,1-2,5-25H2,3H3. The lowest BCUT2D eigenvalue weighted by molar-refractivity contribution is -0.140. The summed E-state index contributed by atoms with van der Waals surface area (Å²) < 4.78 is 58.7. The van der Waals surface area contributed by atoms with Crippen LogP contribution in [0.4, 0.5) is 0 Å². The zero-order valence-corrected chi connectivity index (χ0v) is 23.7. The molecule has 230 valence electrons. The van der Waals surface area contributed by atoms with Crippen molar-refractivity contribution in [1.82, 2.24) is 0 Å². The molecule has 0 unspecified atom stereocenters. The number of carbonyl (C=O) groups is 1. The zero-order valence-electron chi connectivity index (χ0n) is 23.7. The van der Waals surface area contributed by atoms with Crippen molar-refractivity contribution in [1.29, 1.82) is 0 Å². The summed E-state index contributed by atoms with van der Waals surface area (Å²) in [6.45, 7) is 18.8. The molecule has 0 rings (SSSR count). The van der Waals surface area contributed by atoms with Gasteiger partial charge in [0.2, 0.25) is 0 Å². The van der Waals surface area contributed by atoms with Gasteiger partial charge in [-0.1, -0.05) is 12.7 Å². The second-order valence-corrected chi connectivity index (χ2v) is 7.79. The van der Waals surface area contributed by atoms with Crippen molar-refractivity contribution in [3.8, 4) is 0 Å². The van der Waals surface area contributed by atoms with Crippen molar-refractivity contribution < 1.29 is 56.9 Å². The third-order valence-corrected chi connectivity index (χ3v) is 4.39. The Balaban J connectivity index is 3.06. The Bertz CT molecular complexity index is 547. The van der Waals surface area contributed by atoms with Gasteiger partial charge in [0, 0.05) is 5.57 Å². The summed E-state index contributed by atoms with van der Waals surface area (Å²) >= 11 is 0. The fourth-order valence-electron chi connectivity index (χ4n) is 2.46. The van der Waals surface area contributed by atoms with Crippen LogP contribution >= 0.6 is 0 Å². The second kappa shape index (κ2) is 32.8. The monoisotopic (exact) mass is 566 g/mol. The Kier molecular flexibility index (Phi) is 31.5. The van der Waals surface area contributed by atoms with Crippen LogP contribution in [-0.2, 0) is 56.9 Å². The van der Waals surface area contributed by atoms with Gasteiger partial charge in [0.05, 0.1) is 132 Å². The van der Waals surface area contributed by atoms with Crippen LogP contribution in [0.25, 0.3) is 0 Å². The zero-order chi connectivity index (χ0) is 28.5. The average Bonchev–Trinajstić information content (AvgIpc) is 2.93. The highest BCUT2D eigenvalue weighted by Crippen LogP contribution is 1.92. The number of rotatable bonds is 33. The summed E-state index contributed by atoms with van der Waals surface area (Å²) in [5.41, 5.74) is 0.371. The van der Waals surface area contributed by atoms with E-state index >= 15 is 0 Å². The SMILES string of the molecule is C=CCOCCOCCOCCOCCOCCOCCOCCOCCOCCOCCOC(=O)C(=C)C. The van der Waals surface area contributed by atoms with Gasteiger partial charge in [-0.05, 0) is 6.92 Å². The molecule has 0 amide bonds. The molecule has 0 atom stereocenters. The van der Waals surface area contributed by atoms with Gasteiger partial charge in [-0.15, -0.1) is 6.58 Å². The predicted octanol–water partition coefficient (Wildman–Crippen LogP) is 1.46. The number of ether oxygens (including phenoxy) is 11. The van der Waals surface area contributed by atoms with Crippen molar-refractivity contribution in [2.75, 3.05) is 139 Å². The summed E-state index contributed by atoms with van der Waals surface area (Å²) in [5, 5.41) is 0. The topological polar surface area (TPSA) is 119 Å². The molecule has 0 saturated carbocycles. The van der Waals surface area contributed by atoms with Crippen molar-refractivity contribution in [2.45, 2.75) is 6.92 Å². The minimum Gasteiger partial charge on any atom is -0.460 e. The van der Waals surface area contributed by atoms with E-state index in [0.29, 0.717) is 138 Å². The Labute approximate surface area is 233 Å². The second-order valence-electron chi connectivity index (χ2n) is 7.79. The van der Waals surface area contributed by atoms with Crippen LogP contribution in [-0.4, -0.2) is 145 Å². The lowest BCUT2D eigenvalue weighted by Gasteiger charge is -2.09. The van der Waals surface area contributed by atoms with Crippen LogP contribution in [0.2, 0.25) is 0 Å². The molecular formula is C27H50O12. The smallest absolute Gasteiger partial charge is 0.333 e. The van der Waals surface area contributed by atoms with Gasteiger partial charge < -0.3 is 52.1 Å². The van der Waals surface area contributed by atoms with Crippen LogP contribution in [0.3, 0.4) is 0 Å². The van der Waals surface area contributed by atoms with E-state index in [9.17, 15) is 4.79 Å². The minimum atomic E-state index is -0.412. The van der Waals surface area contributed by atoms with Crippen LogP contribution in [0.15, 0.2) is 24.8 Å². The summed E-state index contributed by atoms with van der Waals surface area (Å²) in [5.74, 6) is -0.412. The van der Waals surface area contributed by atoms with Crippen LogP contribution in [0.1, 0.15) is 6.92 Å². The van der Waals surface area contributed by atoms with Gasteiger partial charge in [0.1, 0.15) is 6.61 Å². The van der Waals surface area contributed by atoms with Gasteiger partial charge in [-0.3, -0.25) is 0 Å². The Morgan fingerprint density at radius 1 is 0.462 bits per heavy atom. The number of hydrogen-bond acceptors (Lipinski definition) is 12. The fraction of sp³-hybridized carbons (Fsp3) is 0.815. The Hall–Kier alpha value is -1.45. The molecule has 0 aromatic rings. The molecule has 0 saturated heterocycles. The molecule has 0 radical (unpaired) electrons. The first-order chi connectivity index (χ1) is 19.2. The number of hydrogen-bond donors (Lipinski definition) is 0. The Morgan fingerprint density at radius 2 is 0.692 bits per heavy atom. The summed E-state index contributed by atoms with van der Waals surface area (Å²) in [6, 6.07) is 0. The van der Waals surface area contributed by atoms with Gasteiger partial charge in [0.25, 0.3) is 0 Å². The maximum atomic E-state index is 11.2. The van der Waals surface area contributed by atoms with Crippen molar-refractivity contribution in [2.24, 2.45) is 0 Å². The Morgan fingerprint density at radius 3 is 0.923 bits per heavy atom. The highest BCUT2D eigenvalue weighted by Gasteiger charge is 2.02. The molecule has 0 spiro atoms. The van der Waals surface area contributed by atoms with Crippen LogP contribution < -0.4 is 0 Å². The first kappa shape index (κ1) is 37.6. The van der Waals surface area contributed by atoms with E-state index in [4.69, 9.17) is 52.1 Å². The van der Waals surface area contributed by atoms with Crippen LogP contribution in [0.5, 0.6) is 0 Å². The predicted molar refractivity (Wildman–Crippen MR) is 144 cm³/mol. The summed E-state index contributed by atoms with van der Waals surface area (Å²) in [4.78, 5) is 11.2. The molecule has 0 aliphatic heterocycles. The molecule has 0 aliphatic carbocycles. The van der Waals surface area contributed by atoms with Gasteiger partial charge in [-0.2, -0.15) is 0 Å². The fourth-order valence-corrected chi connectivity index (χ4v) is 2.46. The summed E-state index contributed by atoms with van der Waals surface area (Å²) in [7, 11) is 0. The van der Waals surface area contributed by atoms with Crippen molar-refractivity contribution in [3.05, 3.63) is 24.8 Å². The maximum Gasteiger partial charge on any atom is 0.333 e. The number of carbonyl (C=O) groups excluding carboxylic acids is 1. The molecule has 39 heavy (non-hydrogen) atoms. The molecule has 0 N–H and O–H groups in total. The van der Waals surface area contributed by atoms with E-state index < -0.39 is 5.97 Å². The first-order valence-electron chi connectivity index (χ1n) is 13.4. The van der Waals surface area contributed by atoms with Crippen molar-refractivity contribution in [3.63, 3.8) is 0 Å². The molecular weight excluding hydrogens is 516 g/mol. The molecule has 0 fully saturated rings. The van der Waals surface area contributed by atoms with E-state index in [2.05, 4.69) is 13.2 Å². The molecule has 0 aromatic carbocycles. The maximum absolute atomic E-state index is 11.2. The first-order valence-corrected chi connectivity index (χ1v) is 13.4. The average molecular weight is 567 g/mol. The van der Waals surface area contributed by atoms with Gasteiger partial charge >= 0.3 is 5.97 Å². The third-order valence-electron chi connectivity index (χ3n) is 4.39. The largest absolute Gasteiger partial charge is 0.460 e. The molecule has 12 heteroatoms. The molecule has 12 nitrogen and oxygen atoms in total. The van der Waals surface area contributed by atoms with E-state index in [0.717, 1.165) is 0 Å². The number of esters is 1. The lowest BCUT2D eigenvalue weighted by Crippen LogP contribution is -2.15. The van der Waals surface area contributed by atoms with E-state index in [1.165, 1.54) is 0 Å². The van der Waals surface area contributed by atoms with E-state index in [-0.39, 0.29) is 6.61 Å². The quantitative estimate of drug-likeness (QED) is 0.0495. The van der Waals surface area contributed by atoms with Crippen molar-refractivity contribution >= 4 is 5.97 Å². The molecule has 0 heterocycles. The summed E-state index contributed by atoms with van der Waals surface area (Å²) in [6.07, 6.45) is 1.71. The van der Waals surface area contributed by atoms with Crippen LogP contribution in [0, 0.1) is 0 Å². The highest BCUT2D eigenvalue weighted by atomic mass is 16.6. The highest BCUT2D eigenvalue weighted by molar-refractivity contribution is 5.86. The lowest BCUT2D eigenvalue weighted by atomic mass is 10.4. The van der Waals surface area contributed by atoms with Gasteiger partial charge in [-0.25, -0.2) is 4.79 Å². The normalized spacial score (nSPS) is 11.1. The van der Waals surface area contributed by atoms with Gasteiger partial charge in [0.15, 0.2) is 0 Å². The minimum absolute atomic E-state index is 0.201. The molecule has 0 aromatic heterocycles.